The van der Waals surface area contributed by atoms with Crippen LogP contribution in [0, 0.1) is 0 Å². The summed E-state index contributed by atoms with van der Waals surface area (Å²) in [5.41, 5.74) is 1.17. The van der Waals surface area contributed by atoms with Crippen LogP contribution in [-0.4, -0.2) is 33.9 Å². The maximum Gasteiger partial charge on any atom is 0.235 e. The Kier molecular flexibility index (Phi) is 3.28. The lowest BCUT2D eigenvalue weighted by atomic mass is 10.3. The standard InChI is InChI=1S/C10H13N5O2S/c1-8(2)18(16,17)12-9-4-3-5-10(6-9)15-7-11-13-14-15/h3-8,12H,1-2H3. The molecule has 7 nitrogen and oxygen atoms in total. The highest BCUT2D eigenvalue weighted by Crippen LogP contribution is 2.16. The Morgan fingerprint density at radius 3 is 2.72 bits per heavy atom. The monoisotopic (exact) mass is 267 g/mol. The van der Waals surface area contributed by atoms with Gasteiger partial charge in [0.1, 0.15) is 6.33 Å². The summed E-state index contributed by atoms with van der Waals surface area (Å²) < 4.78 is 27.4. The molecule has 2 rings (SSSR count). The number of tetrazole rings is 1. The van der Waals surface area contributed by atoms with Gasteiger partial charge in [-0.15, -0.1) is 5.10 Å². The van der Waals surface area contributed by atoms with E-state index in [0.29, 0.717) is 11.4 Å². The molecule has 0 bridgehead atoms. The number of benzene rings is 1. The molecule has 1 aromatic carbocycles. The van der Waals surface area contributed by atoms with Crippen LogP contribution >= 0.6 is 0 Å². The number of sulfonamides is 1. The van der Waals surface area contributed by atoms with E-state index in [4.69, 9.17) is 0 Å². The second-order valence-corrected chi connectivity index (χ2v) is 6.24. The zero-order valence-corrected chi connectivity index (χ0v) is 10.8. The highest BCUT2D eigenvalue weighted by Gasteiger charge is 2.15. The average molecular weight is 267 g/mol. The third-order valence-corrected chi connectivity index (χ3v) is 4.10. The molecule has 0 saturated heterocycles. The summed E-state index contributed by atoms with van der Waals surface area (Å²) in [7, 11) is -3.35. The highest BCUT2D eigenvalue weighted by atomic mass is 32.2. The number of nitrogens with one attached hydrogen (secondary N) is 1. The van der Waals surface area contributed by atoms with Crippen LogP contribution in [0.25, 0.3) is 5.69 Å². The van der Waals surface area contributed by atoms with Crippen LogP contribution in [0.4, 0.5) is 5.69 Å². The van der Waals surface area contributed by atoms with E-state index in [1.165, 1.54) is 11.0 Å². The number of hydrogen-bond acceptors (Lipinski definition) is 5. The first kappa shape index (κ1) is 12.5. The summed E-state index contributed by atoms with van der Waals surface area (Å²) >= 11 is 0. The van der Waals surface area contributed by atoms with Gasteiger partial charge in [0.2, 0.25) is 10.0 Å². The Bertz CT molecular complexity index is 621. The molecule has 0 radical (unpaired) electrons. The first-order chi connectivity index (χ1) is 8.49. The van der Waals surface area contributed by atoms with Gasteiger partial charge in [0, 0.05) is 0 Å². The van der Waals surface area contributed by atoms with Gasteiger partial charge < -0.3 is 0 Å². The summed E-state index contributed by atoms with van der Waals surface area (Å²) in [6.45, 7) is 3.24. The SMILES string of the molecule is CC(C)S(=O)(=O)Nc1cccc(-n2cnnn2)c1. The molecular formula is C10H13N5O2S. The average Bonchev–Trinajstić information content (AvgIpc) is 2.82. The van der Waals surface area contributed by atoms with Crippen molar-refractivity contribution in [2.24, 2.45) is 0 Å². The first-order valence-corrected chi connectivity index (χ1v) is 6.89. The van der Waals surface area contributed by atoms with Crippen LogP contribution in [0.5, 0.6) is 0 Å². The van der Waals surface area contributed by atoms with Crippen molar-refractivity contribution >= 4 is 15.7 Å². The van der Waals surface area contributed by atoms with E-state index in [9.17, 15) is 8.42 Å². The van der Waals surface area contributed by atoms with Gasteiger partial charge in [-0.05, 0) is 42.5 Å². The smallest absolute Gasteiger partial charge is 0.235 e. The number of anilines is 1. The fourth-order valence-corrected chi connectivity index (χ4v) is 1.96. The van der Waals surface area contributed by atoms with E-state index in [0.717, 1.165) is 0 Å². The minimum Gasteiger partial charge on any atom is -0.283 e. The molecule has 0 amide bonds. The van der Waals surface area contributed by atoms with Gasteiger partial charge in [-0.1, -0.05) is 6.07 Å². The van der Waals surface area contributed by atoms with Crippen LogP contribution in [-0.2, 0) is 10.0 Å². The van der Waals surface area contributed by atoms with Crippen molar-refractivity contribution < 1.29 is 8.42 Å². The van der Waals surface area contributed by atoms with Gasteiger partial charge in [0.15, 0.2) is 0 Å². The lowest BCUT2D eigenvalue weighted by molar-refractivity contribution is 0.593. The van der Waals surface area contributed by atoms with Crippen molar-refractivity contribution in [2.45, 2.75) is 19.1 Å². The summed E-state index contributed by atoms with van der Waals surface area (Å²) in [4.78, 5) is 0. The van der Waals surface area contributed by atoms with Crippen molar-refractivity contribution in [3.8, 4) is 5.69 Å². The molecule has 8 heteroatoms. The predicted molar refractivity (Wildman–Crippen MR) is 66.8 cm³/mol. The van der Waals surface area contributed by atoms with E-state index in [1.807, 2.05) is 0 Å². The quantitative estimate of drug-likeness (QED) is 0.885. The molecular weight excluding hydrogens is 254 g/mol. The van der Waals surface area contributed by atoms with Gasteiger partial charge in [0.25, 0.3) is 0 Å². The molecule has 0 spiro atoms. The molecule has 1 heterocycles. The van der Waals surface area contributed by atoms with E-state index in [2.05, 4.69) is 20.2 Å². The summed E-state index contributed by atoms with van der Waals surface area (Å²) in [5, 5.41) is 10.3. The molecule has 0 fully saturated rings. The van der Waals surface area contributed by atoms with Crippen LogP contribution < -0.4 is 4.72 Å². The first-order valence-electron chi connectivity index (χ1n) is 5.34. The normalized spacial score (nSPS) is 11.7. The zero-order valence-electron chi connectivity index (χ0n) is 9.98. The second kappa shape index (κ2) is 4.73. The third kappa shape index (κ3) is 2.65. The number of aromatic nitrogens is 4. The van der Waals surface area contributed by atoms with Gasteiger partial charge in [-0.3, -0.25) is 4.72 Å². The Balaban J connectivity index is 2.29. The van der Waals surface area contributed by atoms with Gasteiger partial charge >= 0.3 is 0 Å². The summed E-state index contributed by atoms with van der Waals surface area (Å²) in [6, 6.07) is 6.85. The molecule has 0 aliphatic rings. The Morgan fingerprint density at radius 2 is 2.11 bits per heavy atom. The lowest BCUT2D eigenvalue weighted by Gasteiger charge is -2.11. The number of nitrogens with zero attached hydrogens (tertiary/aromatic N) is 4. The maximum absolute atomic E-state index is 11.7. The Hall–Kier alpha value is -1.96. The molecule has 0 aliphatic carbocycles. The van der Waals surface area contributed by atoms with Crippen LogP contribution in [0.15, 0.2) is 30.6 Å². The van der Waals surface area contributed by atoms with E-state index in [-0.39, 0.29) is 0 Å². The summed E-state index contributed by atoms with van der Waals surface area (Å²) in [5.74, 6) is 0. The van der Waals surface area contributed by atoms with E-state index >= 15 is 0 Å². The Labute approximate surface area is 105 Å². The molecule has 1 aromatic heterocycles. The number of rotatable bonds is 4. The Morgan fingerprint density at radius 1 is 1.33 bits per heavy atom. The van der Waals surface area contributed by atoms with E-state index in [1.54, 1.807) is 38.1 Å². The molecule has 0 saturated carbocycles. The minimum absolute atomic E-state index is 0.483. The van der Waals surface area contributed by atoms with Crippen molar-refractivity contribution in [3.63, 3.8) is 0 Å². The molecule has 18 heavy (non-hydrogen) atoms. The third-order valence-electron chi connectivity index (χ3n) is 2.34. The van der Waals surface area contributed by atoms with Gasteiger partial charge in [-0.2, -0.15) is 0 Å². The fraction of sp³-hybridized carbons (Fsp3) is 0.300. The highest BCUT2D eigenvalue weighted by molar-refractivity contribution is 7.93. The molecule has 2 aromatic rings. The minimum atomic E-state index is -3.35. The van der Waals surface area contributed by atoms with Gasteiger partial charge in [0.05, 0.1) is 16.6 Å². The van der Waals surface area contributed by atoms with Crippen molar-refractivity contribution in [1.29, 1.82) is 0 Å². The van der Waals surface area contributed by atoms with Gasteiger partial charge in [-0.25, -0.2) is 13.1 Å². The van der Waals surface area contributed by atoms with E-state index < -0.39 is 15.3 Å². The van der Waals surface area contributed by atoms with Crippen molar-refractivity contribution in [3.05, 3.63) is 30.6 Å². The second-order valence-electron chi connectivity index (χ2n) is 4.00. The largest absolute Gasteiger partial charge is 0.283 e. The zero-order chi connectivity index (χ0) is 13.2. The lowest BCUT2D eigenvalue weighted by Crippen LogP contribution is -2.22. The van der Waals surface area contributed by atoms with Crippen LogP contribution in [0.1, 0.15) is 13.8 Å². The van der Waals surface area contributed by atoms with Crippen LogP contribution in [0.2, 0.25) is 0 Å². The van der Waals surface area contributed by atoms with Crippen molar-refractivity contribution in [1.82, 2.24) is 20.2 Å². The molecule has 1 N–H and O–H groups in total. The van der Waals surface area contributed by atoms with Crippen LogP contribution in [0.3, 0.4) is 0 Å². The fourth-order valence-electron chi connectivity index (χ4n) is 1.27. The molecule has 0 atom stereocenters. The number of hydrogen-bond donors (Lipinski definition) is 1. The molecule has 96 valence electrons. The maximum atomic E-state index is 11.7. The predicted octanol–water partition coefficient (Wildman–Crippen LogP) is 0.812. The summed E-state index contributed by atoms with van der Waals surface area (Å²) in [6.07, 6.45) is 1.44. The topological polar surface area (TPSA) is 89.8 Å². The molecule has 0 unspecified atom stereocenters. The molecule has 0 aliphatic heterocycles. The van der Waals surface area contributed by atoms with Crippen molar-refractivity contribution in [2.75, 3.05) is 4.72 Å².